The van der Waals surface area contributed by atoms with Gasteiger partial charge in [-0.05, 0) is 71.9 Å². The van der Waals surface area contributed by atoms with Gasteiger partial charge in [0.25, 0.3) is 0 Å². The number of hydrogen-bond acceptors (Lipinski definition) is 3. The van der Waals surface area contributed by atoms with Gasteiger partial charge in [-0.25, -0.2) is 4.98 Å². The normalized spacial score (nSPS) is 17.2. The number of nitrogens with one attached hydrogen (secondary N) is 1. The first-order chi connectivity index (χ1) is 18.1. The van der Waals surface area contributed by atoms with Gasteiger partial charge >= 0.3 is 0 Å². The minimum Gasteiger partial charge on any atom is -0.493 e. The minimum absolute atomic E-state index is 0.201. The number of allylic oxidation sites excluding steroid dienone is 1. The van der Waals surface area contributed by atoms with E-state index in [9.17, 15) is 4.79 Å². The van der Waals surface area contributed by atoms with E-state index in [2.05, 4.69) is 82.8 Å². The number of ether oxygens (including phenoxy) is 1. The fourth-order valence-corrected chi connectivity index (χ4v) is 5.30. The van der Waals surface area contributed by atoms with E-state index in [1.54, 1.807) is 0 Å². The number of rotatable bonds is 4. The predicted octanol–water partition coefficient (Wildman–Crippen LogP) is 6.50. The van der Waals surface area contributed by atoms with Gasteiger partial charge in [-0.1, -0.05) is 60.2 Å². The van der Waals surface area contributed by atoms with Gasteiger partial charge in [-0.2, -0.15) is 0 Å². The van der Waals surface area contributed by atoms with Crippen molar-refractivity contribution in [1.82, 2.24) is 14.9 Å². The molecule has 1 amide bonds. The van der Waals surface area contributed by atoms with Crippen LogP contribution in [0.3, 0.4) is 0 Å². The summed E-state index contributed by atoms with van der Waals surface area (Å²) in [5, 5.41) is 0. The molecule has 0 bridgehead atoms. The Kier molecular flexibility index (Phi) is 6.35. The average Bonchev–Trinajstić information content (AvgIpc) is 3.30. The maximum absolute atomic E-state index is 13.1. The van der Waals surface area contributed by atoms with E-state index in [1.807, 2.05) is 17.9 Å². The zero-order valence-corrected chi connectivity index (χ0v) is 21.2. The summed E-state index contributed by atoms with van der Waals surface area (Å²) in [6, 6.07) is 23.2. The summed E-state index contributed by atoms with van der Waals surface area (Å²) in [5.41, 5.74) is 9.22. The molecule has 37 heavy (non-hydrogen) atoms. The van der Waals surface area contributed by atoms with Crippen LogP contribution in [0.25, 0.3) is 27.7 Å². The second kappa shape index (κ2) is 10.1. The molecule has 0 atom stereocenters. The first-order valence-electron chi connectivity index (χ1n) is 13.0. The zero-order chi connectivity index (χ0) is 25.2. The van der Waals surface area contributed by atoms with Gasteiger partial charge in [0.15, 0.2) is 0 Å². The van der Waals surface area contributed by atoms with Crippen LogP contribution < -0.4 is 4.74 Å². The maximum Gasteiger partial charge on any atom is 0.226 e. The fraction of sp³-hybridized carbons (Fsp3) is 0.250. The predicted molar refractivity (Wildman–Crippen MR) is 148 cm³/mol. The average molecular weight is 490 g/mol. The molecule has 5 heteroatoms. The van der Waals surface area contributed by atoms with Crippen molar-refractivity contribution >= 4 is 22.5 Å². The standard InChI is InChI=1S/C32H31N3O2/c1-22-33-29-11-9-27(21-30(29)34-22)26-10-12-31-28(20-26)8-7-23(15-18-37-31)19-32(36)35-16-13-25(14-17-35)24-5-3-2-4-6-24/h2-7,9-13,20-21H,8,14-19H2,1H3,(H,33,34)/b23-7+. The molecular weight excluding hydrogens is 458 g/mol. The SMILES string of the molecule is Cc1nc2ccc(-c3ccc4c(c3)C/C=C(/CC(=O)N3CC=C(c5ccccc5)CC3)CCO4)cc2[nH]1. The van der Waals surface area contributed by atoms with Crippen LogP contribution >= 0.6 is 0 Å². The van der Waals surface area contributed by atoms with Crippen molar-refractivity contribution in [3.05, 3.63) is 101 Å². The molecule has 4 aromatic rings. The molecule has 186 valence electrons. The lowest BCUT2D eigenvalue weighted by molar-refractivity contribution is -0.130. The van der Waals surface area contributed by atoms with Crippen LogP contribution in [0.4, 0.5) is 0 Å². The summed E-state index contributed by atoms with van der Waals surface area (Å²) >= 11 is 0. The number of aryl methyl sites for hydroxylation is 1. The number of H-pyrrole nitrogens is 1. The van der Waals surface area contributed by atoms with Gasteiger partial charge in [0.2, 0.25) is 5.91 Å². The molecule has 0 radical (unpaired) electrons. The summed E-state index contributed by atoms with van der Waals surface area (Å²) in [6.07, 6.45) is 7.34. The highest BCUT2D eigenvalue weighted by Crippen LogP contribution is 2.31. The molecule has 1 N–H and O–H groups in total. The molecule has 0 aliphatic carbocycles. The Labute approximate surface area is 217 Å². The Hall–Kier alpha value is -4.12. The first kappa shape index (κ1) is 23.3. The van der Waals surface area contributed by atoms with Crippen molar-refractivity contribution in [3.8, 4) is 16.9 Å². The molecule has 0 saturated heterocycles. The summed E-state index contributed by atoms with van der Waals surface area (Å²) in [7, 11) is 0. The Balaban J connectivity index is 1.15. The number of benzene rings is 3. The molecule has 3 aromatic carbocycles. The van der Waals surface area contributed by atoms with E-state index in [0.29, 0.717) is 19.6 Å². The third kappa shape index (κ3) is 5.08. The Morgan fingerprint density at radius 2 is 1.81 bits per heavy atom. The highest BCUT2D eigenvalue weighted by molar-refractivity contribution is 5.82. The number of carbonyl (C=O) groups excluding carboxylic acids is 1. The molecule has 5 nitrogen and oxygen atoms in total. The number of hydrogen-bond donors (Lipinski definition) is 1. The molecule has 3 heterocycles. The van der Waals surface area contributed by atoms with Crippen molar-refractivity contribution in [1.29, 1.82) is 0 Å². The van der Waals surface area contributed by atoms with Crippen LogP contribution in [0.1, 0.15) is 36.2 Å². The van der Waals surface area contributed by atoms with Crippen LogP contribution in [0.2, 0.25) is 0 Å². The summed E-state index contributed by atoms with van der Waals surface area (Å²) < 4.78 is 6.12. The van der Waals surface area contributed by atoms with E-state index < -0.39 is 0 Å². The first-order valence-corrected chi connectivity index (χ1v) is 13.0. The Morgan fingerprint density at radius 3 is 2.65 bits per heavy atom. The Bertz CT molecular complexity index is 1510. The van der Waals surface area contributed by atoms with Gasteiger partial charge < -0.3 is 14.6 Å². The lowest BCUT2D eigenvalue weighted by Crippen LogP contribution is -2.34. The van der Waals surface area contributed by atoms with Crippen LogP contribution in [0.15, 0.2) is 84.5 Å². The highest BCUT2D eigenvalue weighted by Gasteiger charge is 2.20. The van der Waals surface area contributed by atoms with Crippen LogP contribution in [-0.2, 0) is 11.2 Å². The summed E-state index contributed by atoms with van der Waals surface area (Å²) in [6.45, 7) is 4.01. The zero-order valence-electron chi connectivity index (χ0n) is 21.2. The largest absolute Gasteiger partial charge is 0.493 e. The molecule has 0 unspecified atom stereocenters. The second-order valence-corrected chi connectivity index (χ2v) is 9.90. The smallest absolute Gasteiger partial charge is 0.226 e. The van der Waals surface area contributed by atoms with Gasteiger partial charge in [0.05, 0.1) is 17.6 Å². The van der Waals surface area contributed by atoms with E-state index in [-0.39, 0.29) is 5.91 Å². The van der Waals surface area contributed by atoms with Gasteiger partial charge in [-0.15, -0.1) is 0 Å². The van der Waals surface area contributed by atoms with Crippen LogP contribution in [0.5, 0.6) is 5.75 Å². The van der Waals surface area contributed by atoms with Gasteiger partial charge in [0, 0.05) is 25.9 Å². The number of fused-ring (bicyclic) bond motifs is 2. The molecule has 0 saturated carbocycles. The third-order valence-electron chi connectivity index (χ3n) is 7.37. The maximum atomic E-state index is 13.1. The molecule has 1 aromatic heterocycles. The topological polar surface area (TPSA) is 58.2 Å². The number of amides is 1. The molecule has 0 spiro atoms. The minimum atomic E-state index is 0.201. The van der Waals surface area contributed by atoms with Crippen molar-refractivity contribution < 1.29 is 9.53 Å². The van der Waals surface area contributed by atoms with E-state index in [4.69, 9.17) is 4.74 Å². The summed E-state index contributed by atoms with van der Waals surface area (Å²) in [5.74, 6) is 2.05. The van der Waals surface area contributed by atoms with Gasteiger partial charge in [0.1, 0.15) is 11.6 Å². The monoisotopic (exact) mass is 489 g/mol. The lowest BCUT2D eigenvalue weighted by atomic mass is 9.97. The number of aromatic amines is 1. The molecular formula is C32H31N3O2. The molecule has 2 aliphatic heterocycles. The second-order valence-electron chi connectivity index (χ2n) is 9.90. The van der Waals surface area contributed by atoms with Crippen LogP contribution in [-0.4, -0.2) is 40.5 Å². The molecule has 0 fully saturated rings. The Morgan fingerprint density at radius 1 is 0.973 bits per heavy atom. The van der Waals surface area contributed by atoms with Crippen molar-refractivity contribution in [2.75, 3.05) is 19.7 Å². The van der Waals surface area contributed by atoms with E-state index in [0.717, 1.165) is 70.7 Å². The highest BCUT2D eigenvalue weighted by atomic mass is 16.5. The number of aromatic nitrogens is 2. The van der Waals surface area contributed by atoms with Crippen molar-refractivity contribution in [2.24, 2.45) is 0 Å². The van der Waals surface area contributed by atoms with E-state index in [1.165, 1.54) is 11.1 Å². The third-order valence-corrected chi connectivity index (χ3v) is 7.37. The number of carbonyl (C=O) groups is 1. The summed E-state index contributed by atoms with van der Waals surface area (Å²) in [4.78, 5) is 22.9. The van der Waals surface area contributed by atoms with Crippen molar-refractivity contribution in [3.63, 3.8) is 0 Å². The van der Waals surface area contributed by atoms with Crippen LogP contribution in [0, 0.1) is 6.92 Å². The number of nitrogens with zero attached hydrogens (tertiary/aromatic N) is 2. The lowest BCUT2D eigenvalue weighted by Gasteiger charge is -2.27. The number of imidazole rings is 1. The van der Waals surface area contributed by atoms with Gasteiger partial charge in [-0.3, -0.25) is 4.79 Å². The quantitative estimate of drug-likeness (QED) is 0.333. The molecule has 2 aliphatic rings. The fourth-order valence-electron chi connectivity index (χ4n) is 5.30. The van der Waals surface area contributed by atoms with Crippen molar-refractivity contribution in [2.45, 2.75) is 32.6 Å². The molecule has 6 rings (SSSR count). The van der Waals surface area contributed by atoms with E-state index >= 15 is 0 Å².